The number of amides is 1. The fourth-order valence-electron chi connectivity index (χ4n) is 2.71. The van der Waals surface area contributed by atoms with E-state index in [2.05, 4.69) is 5.32 Å². The highest BCUT2D eigenvalue weighted by Gasteiger charge is 2.32. The van der Waals surface area contributed by atoms with Gasteiger partial charge < -0.3 is 14.8 Å². The second-order valence-electron chi connectivity index (χ2n) is 6.96. The van der Waals surface area contributed by atoms with E-state index in [1.165, 1.54) is 11.3 Å². The van der Waals surface area contributed by atoms with Crippen molar-refractivity contribution < 1.29 is 19.1 Å². The van der Waals surface area contributed by atoms with Crippen molar-refractivity contribution in [2.75, 3.05) is 0 Å². The minimum atomic E-state index is -0.619. The average molecular weight is 371 g/mol. The lowest BCUT2D eigenvalue weighted by molar-refractivity contribution is 0.0246. The number of carbonyl (C=O) groups is 2. The zero-order valence-corrected chi connectivity index (χ0v) is 15.7. The van der Waals surface area contributed by atoms with Gasteiger partial charge in [-0.15, -0.1) is 11.3 Å². The van der Waals surface area contributed by atoms with Crippen LogP contribution in [0.1, 0.15) is 47.6 Å². The summed E-state index contributed by atoms with van der Waals surface area (Å²) >= 11 is 1.32. The summed E-state index contributed by atoms with van der Waals surface area (Å²) in [6, 6.07) is 10.7. The second kappa shape index (κ2) is 7.33. The van der Waals surface area contributed by atoms with E-state index in [9.17, 15) is 9.59 Å². The molecule has 2 atom stereocenters. The van der Waals surface area contributed by atoms with Gasteiger partial charge in [0.2, 0.25) is 0 Å². The summed E-state index contributed by atoms with van der Waals surface area (Å²) in [4.78, 5) is 25.2. The van der Waals surface area contributed by atoms with E-state index < -0.39 is 29.8 Å². The summed E-state index contributed by atoms with van der Waals surface area (Å²) in [5, 5.41) is 4.66. The summed E-state index contributed by atoms with van der Waals surface area (Å²) in [5.41, 5.74) is 1.24. The SMILES string of the molecule is CC(C)(C)OC(=O)N[C@H]1c2ccccc2C=C[C@@H]1OC(=O)c1cccs1. The van der Waals surface area contributed by atoms with Crippen LogP contribution in [0.3, 0.4) is 0 Å². The van der Waals surface area contributed by atoms with Gasteiger partial charge in [0.25, 0.3) is 0 Å². The first kappa shape index (κ1) is 18.2. The Hall–Kier alpha value is -2.60. The van der Waals surface area contributed by atoms with Crippen LogP contribution in [0.4, 0.5) is 4.79 Å². The van der Waals surface area contributed by atoms with Gasteiger partial charge in [-0.1, -0.05) is 36.4 Å². The number of benzene rings is 1. The molecule has 6 heteroatoms. The van der Waals surface area contributed by atoms with Gasteiger partial charge in [0, 0.05) is 0 Å². The van der Waals surface area contributed by atoms with Crippen LogP contribution < -0.4 is 5.32 Å². The monoisotopic (exact) mass is 371 g/mol. The molecule has 0 unspecified atom stereocenters. The first-order valence-corrected chi connectivity index (χ1v) is 9.22. The maximum absolute atomic E-state index is 12.4. The Kier molecular flexibility index (Phi) is 5.13. The molecule has 2 aromatic rings. The molecule has 0 fully saturated rings. The number of hydrogen-bond acceptors (Lipinski definition) is 5. The van der Waals surface area contributed by atoms with Crippen LogP contribution in [0, 0.1) is 0 Å². The van der Waals surface area contributed by atoms with Gasteiger partial charge in [-0.05, 0) is 49.4 Å². The fraction of sp³-hybridized carbons (Fsp3) is 0.300. The quantitative estimate of drug-likeness (QED) is 0.803. The lowest BCUT2D eigenvalue weighted by Crippen LogP contribution is -2.41. The summed E-state index contributed by atoms with van der Waals surface area (Å²) in [6.45, 7) is 5.40. The van der Waals surface area contributed by atoms with Crippen molar-refractivity contribution in [3.8, 4) is 0 Å². The smallest absolute Gasteiger partial charge is 0.408 e. The van der Waals surface area contributed by atoms with Crippen LogP contribution in [0.25, 0.3) is 6.08 Å². The highest BCUT2D eigenvalue weighted by Crippen LogP contribution is 2.31. The van der Waals surface area contributed by atoms with Crippen molar-refractivity contribution in [3.63, 3.8) is 0 Å². The standard InChI is InChI=1S/C20H21NO4S/c1-20(2,3)25-19(23)21-17-14-8-5-4-7-13(14)10-11-15(17)24-18(22)16-9-6-12-26-16/h4-12,15,17H,1-3H3,(H,21,23)/t15-,17-/m0/s1. The first-order chi connectivity index (χ1) is 12.3. The van der Waals surface area contributed by atoms with Crippen LogP contribution in [0.15, 0.2) is 47.9 Å². The molecular weight excluding hydrogens is 350 g/mol. The molecule has 0 saturated heterocycles. The van der Waals surface area contributed by atoms with Gasteiger partial charge in [0.1, 0.15) is 16.6 Å². The van der Waals surface area contributed by atoms with Gasteiger partial charge in [-0.25, -0.2) is 9.59 Å². The number of ether oxygens (including phenoxy) is 2. The van der Waals surface area contributed by atoms with Crippen molar-refractivity contribution in [1.82, 2.24) is 5.32 Å². The van der Waals surface area contributed by atoms with E-state index in [-0.39, 0.29) is 0 Å². The highest BCUT2D eigenvalue weighted by molar-refractivity contribution is 7.11. The number of hydrogen-bond donors (Lipinski definition) is 1. The molecule has 1 aliphatic carbocycles. The molecule has 0 bridgehead atoms. The number of alkyl carbamates (subject to hydrolysis) is 1. The molecule has 5 nitrogen and oxygen atoms in total. The highest BCUT2D eigenvalue weighted by atomic mass is 32.1. The van der Waals surface area contributed by atoms with Gasteiger partial charge in [0.15, 0.2) is 0 Å². The van der Waals surface area contributed by atoms with Gasteiger partial charge >= 0.3 is 12.1 Å². The zero-order valence-electron chi connectivity index (χ0n) is 14.9. The van der Waals surface area contributed by atoms with Crippen LogP contribution >= 0.6 is 11.3 Å². The van der Waals surface area contributed by atoms with Gasteiger partial charge in [-0.2, -0.15) is 0 Å². The molecule has 0 radical (unpaired) electrons. The largest absolute Gasteiger partial charge is 0.451 e. The molecule has 1 aliphatic rings. The van der Waals surface area contributed by atoms with E-state index in [1.54, 1.807) is 39.0 Å². The number of thiophene rings is 1. The van der Waals surface area contributed by atoms with Crippen LogP contribution in [-0.2, 0) is 9.47 Å². The Labute approximate surface area is 156 Å². The maximum atomic E-state index is 12.4. The summed E-state index contributed by atoms with van der Waals surface area (Å²) in [7, 11) is 0. The molecule has 1 amide bonds. The predicted molar refractivity (Wildman–Crippen MR) is 101 cm³/mol. The number of nitrogens with one attached hydrogen (secondary N) is 1. The molecule has 0 spiro atoms. The van der Waals surface area contributed by atoms with Gasteiger partial charge in [0.05, 0.1) is 6.04 Å². The van der Waals surface area contributed by atoms with Crippen LogP contribution in [-0.4, -0.2) is 23.8 Å². The third-order valence-electron chi connectivity index (χ3n) is 3.76. The average Bonchev–Trinajstić information content (AvgIpc) is 3.10. The van der Waals surface area contributed by atoms with Crippen molar-refractivity contribution in [1.29, 1.82) is 0 Å². The number of fused-ring (bicyclic) bond motifs is 1. The van der Waals surface area contributed by atoms with E-state index in [0.29, 0.717) is 4.88 Å². The van der Waals surface area contributed by atoms with E-state index >= 15 is 0 Å². The van der Waals surface area contributed by atoms with E-state index in [1.807, 2.05) is 35.7 Å². The Bertz CT molecular complexity index is 821. The lowest BCUT2D eigenvalue weighted by atomic mass is 9.91. The van der Waals surface area contributed by atoms with Crippen LogP contribution in [0.2, 0.25) is 0 Å². The molecule has 0 aliphatic heterocycles. The minimum absolute atomic E-state index is 0.412. The molecule has 1 N–H and O–H groups in total. The number of rotatable bonds is 3. The summed E-state index contributed by atoms with van der Waals surface area (Å²) < 4.78 is 11.0. The molecule has 0 saturated carbocycles. The fourth-order valence-corrected chi connectivity index (χ4v) is 3.32. The van der Waals surface area contributed by atoms with Crippen molar-refractivity contribution >= 4 is 29.5 Å². The Balaban J connectivity index is 1.83. The molecule has 26 heavy (non-hydrogen) atoms. The molecular formula is C20H21NO4S. The third kappa shape index (κ3) is 4.32. The van der Waals surface area contributed by atoms with Crippen molar-refractivity contribution in [2.45, 2.75) is 38.5 Å². The maximum Gasteiger partial charge on any atom is 0.408 e. The first-order valence-electron chi connectivity index (χ1n) is 8.34. The Morgan fingerprint density at radius 3 is 2.58 bits per heavy atom. The number of carbonyl (C=O) groups excluding carboxylic acids is 2. The van der Waals surface area contributed by atoms with Crippen molar-refractivity contribution in [3.05, 3.63) is 63.9 Å². The topological polar surface area (TPSA) is 64.6 Å². The summed E-state index contributed by atoms with van der Waals surface area (Å²) in [6.07, 6.45) is 2.52. The molecule has 1 aromatic heterocycles. The third-order valence-corrected chi connectivity index (χ3v) is 4.61. The Morgan fingerprint density at radius 1 is 1.12 bits per heavy atom. The molecule has 1 heterocycles. The minimum Gasteiger partial charge on any atom is -0.451 e. The van der Waals surface area contributed by atoms with Crippen molar-refractivity contribution in [2.24, 2.45) is 0 Å². The predicted octanol–water partition coefficient (Wildman–Crippen LogP) is 4.57. The molecule has 136 valence electrons. The van der Waals surface area contributed by atoms with Crippen LogP contribution in [0.5, 0.6) is 0 Å². The molecule has 1 aromatic carbocycles. The molecule has 3 rings (SSSR count). The summed E-state index contributed by atoms with van der Waals surface area (Å²) in [5.74, 6) is -0.412. The van der Waals surface area contributed by atoms with E-state index in [0.717, 1.165) is 11.1 Å². The van der Waals surface area contributed by atoms with E-state index in [4.69, 9.17) is 9.47 Å². The Morgan fingerprint density at radius 2 is 1.88 bits per heavy atom. The van der Waals surface area contributed by atoms with Gasteiger partial charge in [-0.3, -0.25) is 0 Å². The normalized spacial score (nSPS) is 18.7. The lowest BCUT2D eigenvalue weighted by Gasteiger charge is -2.31. The zero-order chi connectivity index (χ0) is 18.7. The number of esters is 1. The second-order valence-corrected chi connectivity index (χ2v) is 7.91.